The van der Waals surface area contributed by atoms with Crippen LogP contribution in [-0.2, 0) is 0 Å². The van der Waals surface area contributed by atoms with Crippen LogP contribution >= 0.6 is 23.1 Å². The summed E-state index contributed by atoms with van der Waals surface area (Å²) in [6.45, 7) is 5.94. The normalized spacial score (nSPS) is 10.6. The molecule has 0 spiro atoms. The van der Waals surface area contributed by atoms with Crippen molar-refractivity contribution in [2.75, 3.05) is 18.5 Å². The molecule has 1 heterocycles. The Morgan fingerprint density at radius 1 is 1.59 bits per heavy atom. The SMILES string of the molecule is CCSc1sc(C(=O)NC)c(N)c1OC(C)C. The molecule has 4 nitrogen and oxygen atoms in total. The molecule has 1 rings (SSSR count). The van der Waals surface area contributed by atoms with E-state index in [0.29, 0.717) is 16.3 Å². The van der Waals surface area contributed by atoms with E-state index in [1.165, 1.54) is 11.3 Å². The molecule has 0 bridgehead atoms. The maximum absolute atomic E-state index is 11.6. The average molecular weight is 274 g/mol. The number of nitrogens with one attached hydrogen (secondary N) is 1. The van der Waals surface area contributed by atoms with Crippen LogP contribution in [0.4, 0.5) is 5.69 Å². The lowest BCUT2D eigenvalue weighted by Crippen LogP contribution is -2.17. The van der Waals surface area contributed by atoms with Gasteiger partial charge in [0.25, 0.3) is 5.91 Å². The first-order chi connectivity index (χ1) is 8.01. The van der Waals surface area contributed by atoms with Crippen LogP contribution in [0.2, 0.25) is 0 Å². The summed E-state index contributed by atoms with van der Waals surface area (Å²) in [6, 6.07) is 0. The Morgan fingerprint density at radius 3 is 2.71 bits per heavy atom. The van der Waals surface area contributed by atoms with E-state index in [-0.39, 0.29) is 12.0 Å². The van der Waals surface area contributed by atoms with Crippen LogP contribution in [0.25, 0.3) is 0 Å². The van der Waals surface area contributed by atoms with Gasteiger partial charge in [-0.1, -0.05) is 6.92 Å². The van der Waals surface area contributed by atoms with Gasteiger partial charge in [0.2, 0.25) is 0 Å². The molecule has 1 aromatic rings. The number of carbonyl (C=O) groups is 1. The zero-order valence-corrected chi connectivity index (χ0v) is 12.1. The maximum Gasteiger partial charge on any atom is 0.263 e. The third kappa shape index (κ3) is 3.29. The van der Waals surface area contributed by atoms with Gasteiger partial charge in [-0.2, -0.15) is 0 Å². The standard InChI is InChI=1S/C11H18N2O2S2/c1-5-16-11-8(15-6(2)3)7(12)9(17-11)10(14)13-4/h6H,5,12H2,1-4H3,(H,13,14). The van der Waals surface area contributed by atoms with Gasteiger partial charge in [0, 0.05) is 7.05 Å². The predicted molar refractivity (Wildman–Crippen MR) is 74.3 cm³/mol. The first kappa shape index (κ1) is 14.2. The van der Waals surface area contributed by atoms with Crippen LogP contribution in [0.3, 0.4) is 0 Å². The number of nitrogen functional groups attached to an aromatic ring is 1. The molecular weight excluding hydrogens is 256 g/mol. The fraction of sp³-hybridized carbons (Fsp3) is 0.545. The van der Waals surface area contributed by atoms with E-state index < -0.39 is 0 Å². The lowest BCUT2D eigenvalue weighted by Gasteiger charge is -2.10. The first-order valence-electron chi connectivity index (χ1n) is 5.45. The van der Waals surface area contributed by atoms with E-state index in [0.717, 1.165) is 9.96 Å². The number of rotatable bonds is 5. The Bertz CT molecular complexity index is 402. The van der Waals surface area contributed by atoms with Crippen molar-refractivity contribution in [2.45, 2.75) is 31.1 Å². The number of ether oxygens (including phenoxy) is 1. The van der Waals surface area contributed by atoms with Crippen molar-refractivity contribution in [1.29, 1.82) is 0 Å². The maximum atomic E-state index is 11.6. The van der Waals surface area contributed by atoms with E-state index in [1.807, 2.05) is 13.8 Å². The predicted octanol–water partition coefficient (Wildman–Crippen LogP) is 2.59. The van der Waals surface area contributed by atoms with Crippen molar-refractivity contribution in [3.8, 4) is 5.75 Å². The number of hydrogen-bond acceptors (Lipinski definition) is 5. The molecule has 0 aliphatic rings. The Morgan fingerprint density at radius 2 is 2.24 bits per heavy atom. The fourth-order valence-electron chi connectivity index (χ4n) is 1.26. The smallest absolute Gasteiger partial charge is 0.263 e. The minimum Gasteiger partial charge on any atom is -0.487 e. The summed E-state index contributed by atoms with van der Waals surface area (Å²) in [6.07, 6.45) is 0.0423. The fourth-order valence-corrected chi connectivity index (χ4v) is 3.49. The lowest BCUT2D eigenvalue weighted by molar-refractivity contribution is 0.0967. The van der Waals surface area contributed by atoms with E-state index in [9.17, 15) is 4.79 Å². The highest BCUT2D eigenvalue weighted by atomic mass is 32.2. The molecule has 0 fully saturated rings. The molecule has 1 amide bonds. The van der Waals surface area contributed by atoms with Crippen LogP contribution in [0.1, 0.15) is 30.4 Å². The molecule has 0 saturated heterocycles. The highest BCUT2D eigenvalue weighted by Gasteiger charge is 2.22. The zero-order valence-electron chi connectivity index (χ0n) is 10.5. The Labute approximate surface area is 110 Å². The highest BCUT2D eigenvalue weighted by molar-refractivity contribution is 8.01. The van der Waals surface area contributed by atoms with Gasteiger partial charge in [-0.15, -0.1) is 23.1 Å². The highest BCUT2D eigenvalue weighted by Crippen LogP contribution is 2.44. The molecule has 0 aliphatic carbocycles. The molecule has 0 aromatic carbocycles. The summed E-state index contributed by atoms with van der Waals surface area (Å²) in [5, 5.41) is 2.58. The number of thiophene rings is 1. The molecule has 0 saturated carbocycles. The van der Waals surface area contributed by atoms with Crippen LogP contribution in [0.15, 0.2) is 4.21 Å². The second-order valence-electron chi connectivity index (χ2n) is 3.64. The topological polar surface area (TPSA) is 64.4 Å². The Kier molecular flexibility index (Phi) is 5.14. The van der Waals surface area contributed by atoms with Crippen LogP contribution < -0.4 is 15.8 Å². The quantitative estimate of drug-likeness (QED) is 0.810. The van der Waals surface area contributed by atoms with Crippen LogP contribution in [-0.4, -0.2) is 24.8 Å². The molecule has 96 valence electrons. The Hall–Kier alpha value is -0.880. The zero-order chi connectivity index (χ0) is 13.0. The number of carbonyl (C=O) groups excluding carboxylic acids is 1. The van der Waals surface area contributed by atoms with E-state index >= 15 is 0 Å². The average Bonchev–Trinajstić information content (AvgIpc) is 2.57. The van der Waals surface area contributed by atoms with Gasteiger partial charge >= 0.3 is 0 Å². The second-order valence-corrected chi connectivity index (χ2v) is 6.19. The van der Waals surface area contributed by atoms with Crippen molar-refractivity contribution in [2.24, 2.45) is 0 Å². The molecule has 1 aromatic heterocycles. The van der Waals surface area contributed by atoms with Crippen molar-refractivity contribution >= 4 is 34.7 Å². The second kappa shape index (κ2) is 6.16. The van der Waals surface area contributed by atoms with Gasteiger partial charge in [-0.25, -0.2) is 0 Å². The van der Waals surface area contributed by atoms with Crippen molar-refractivity contribution in [3.63, 3.8) is 0 Å². The number of hydrogen-bond donors (Lipinski definition) is 2. The van der Waals surface area contributed by atoms with E-state index in [1.54, 1.807) is 18.8 Å². The van der Waals surface area contributed by atoms with Gasteiger partial charge in [0.05, 0.1) is 11.8 Å². The molecule has 0 aliphatic heterocycles. The minimum atomic E-state index is -0.163. The summed E-state index contributed by atoms with van der Waals surface area (Å²) in [4.78, 5) is 12.2. The molecule has 0 unspecified atom stereocenters. The van der Waals surface area contributed by atoms with Crippen LogP contribution in [0, 0.1) is 0 Å². The monoisotopic (exact) mass is 274 g/mol. The van der Waals surface area contributed by atoms with Gasteiger partial charge in [0.1, 0.15) is 9.09 Å². The summed E-state index contributed by atoms with van der Waals surface area (Å²) in [5.41, 5.74) is 6.41. The lowest BCUT2D eigenvalue weighted by atomic mass is 10.3. The minimum absolute atomic E-state index is 0.0423. The summed E-state index contributed by atoms with van der Waals surface area (Å²) < 4.78 is 6.66. The molecule has 17 heavy (non-hydrogen) atoms. The summed E-state index contributed by atoms with van der Waals surface area (Å²) >= 11 is 3.03. The first-order valence-corrected chi connectivity index (χ1v) is 7.25. The largest absolute Gasteiger partial charge is 0.487 e. The van der Waals surface area contributed by atoms with Gasteiger partial charge in [-0.3, -0.25) is 4.79 Å². The summed E-state index contributed by atoms with van der Waals surface area (Å²) in [7, 11) is 1.59. The van der Waals surface area contributed by atoms with Crippen molar-refractivity contribution < 1.29 is 9.53 Å². The van der Waals surface area contributed by atoms with Gasteiger partial charge in [-0.05, 0) is 19.6 Å². The van der Waals surface area contributed by atoms with Crippen LogP contribution in [0.5, 0.6) is 5.75 Å². The molecule has 0 radical (unpaired) electrons. The van der Waals surface area contributed by atoms with Crippen molar-refractivity contribution in [3.05, 3.63) is 4.88 Å². The van der Waals surface area contributed by atoms with Gasteiger partial charge < -0.3 is 15.8 Å². The van der Waals surface area contributed by atoms with E-state index in [4.69, 9.17) is 10.5 Å². The molecular formula is C11H18N2O2S2. The van der Waals surface area contributed by atoms with Gasteiger partial charge in [0.15, 0.2) is 5.75 Å². The van der Waals surface area contributed by atoms with E-state index in [2.05, 4.69) is 12.2 Å². The number of thioether (sulfide) groups is 1. The number of nitrogens with two attached hydrogens (primary N) is 1. The summed E-state index contributed by atoms with van der Waals surface area (Å²) in [5.74, 6) is 1.40. The Balaban J connectivity index is 3.15. The third-order valence-electron chi connectivity index (χ3n) is 1.93. The molecule has 3 N–H and O–H groups in total. The number of amides is 1. The molecule has 0 atom stereocenters. The third-order valence-corrected chi connectivity index (χ3v) is 4.25. The molecule has 6 heteroatoms. The number of anilines is 1. The van der Waals surface area contributed by atoms with Crippen molar-refractivity contribution in [1.82, 2.24) is 5.32 Å².